The molecule has 0 atom stereocenters. The second-order valence-electron chi connectivity index (χ2n) is 7.27. The molecule has 2 aromatic carbocycles. The molecule has 1 aliphatic rings. The van der Waals surface area contributed by atoms with Crippen molar-refractivity contribution in [3.05, 3.63) is 65.0 Å². The van der Waals surface area contributed by atoms with Gasteiger partial charge in [-0.2, -0.15) is 0 Å². The average molecular weight is 411 g/mol. The summed E-state index contributed by atoms with van der Waals surface area (Å²) < 4.78 is 11.8. The topological polar surface area (TPSA) is 96.5 Å². The third-order valence-corrected chi connectivity index (χ3v) is 4.97. The van der Waals surface area contributed by atoms with Gasteiger partial charge in [-0.1, -0.05) is 44.7 Å². The lowest BCUT2D eigenvalue weighted by molar-refractivity contribution is -0.384. The van der Waals surface area contributed by atoms with Crippen LogP contribution in [0, 0.1) is 16.0 Å². The molecule has 1 heterocycles. The highest BCUT2D eigenvalue weighted by Crippen LogP contribution is 2.23. The molecule has 1 fully saturated rings. The van der Waals surface area contributed by atoms with Crippen LogP contribution in [0.2, 0.25) is 0 Å². The van der Waals surface area contributed by atoms with Crippen LogP contribution in [0.25, 0.3) is 11.0 Å². The van der Waals surface area contributed by atoms with Gasteiger partial charge in [0.25, 0.3) is 5.69 Å². The predicted octanol–water partition coefficient (Wildman–Crippen LogP) is 5.36. The van der Waals surface area contributed by atoms with Crippen molar-refractivity contribution in [1.82, 2.24) is 9.55 Å². The Hall–Kier alpha value is -3.42. The third-order valence-electron chi connectivity index (χ3n) is 4.97. The number of nitro benzene ring substituents is 1. The van der Waals surface area contributed by atoms with Crippen LogP contribution in [-0.2, 0) is 11.3 Å². The molecule has 1 aromatic heterocycles. The minimum Gasteiger partial charge on any atom is -0.432 e. The SMILES string of the molecule is CC1CCCC1.O=C(OCCn1cnc2ccccc21)Oc1ccc([N+](=O)[O-])cc1. The van der Waals surface area contributed by atoms with E-state index in [4.69, 9.17) is 9.47 Å². The maximum Gasteiger partial charge on any atom is 0.513 e. The summed E-state index contributed by atoms with van der Waals surface area (Å²) in [6, 6.07) is 12.8. The summed E-state index contributed by atoms with van der Waals surface area (Å²) in [6.45, 7) is 2.90. The monoisotopic (exact) mass is 411 g/mol. The molecule has 158 valence electrons. The first-order valence-electron chi connectivity index (χ1n) is 10.0. The van der Waals surface area contributed by atoms with Crippen molar-refractivity contribution < 1.29 is 19.2 Å². The Morgan fingerprint density at radius 2 is 1.87 bits per heavy atom. The summed E-state index contributed by atoms with van der Waals surface area (Å²) in [5.41, 5.74) is 1.73. The van der Waals surface area contributed by atoms with Crippen LogP contribution in [0.15, 0.2) is 54.9 Å². The number of carbonyl (C=O) groups excluding carboxylic acids is 1. The number of imidazole rings is 1. The van der Waals surface area contributed by atoms with Crippen LogP contribution in [0.1, 0.15) is 32.6 Å². The first-order valence-corrected chi connectivity index (χ1v) is 10.0. The molecule has 0 saturated heterocycles. The Morgan fingerprint density at radius 3 is 2.50 bits per heavy atom. The first-order chi connectivity index (χ1) is 14.5. The molecular weight excluding hydrogens is 386 g/mol. The number of rotatable bonds is 5. The highest BCUT2D eigenvalue weighted by Gasteiger charge is 2.10. The molecule has 4 rings (SSSR count). The number of nitro groups is 1. The number of nitrogens with zero attached hydrogens (tertiary/aromatic N) is 3. The van der Waals surface area contributed by atoms with Crippen molar-refractivity contribution in [1.29, 1.82) is 0 Å². The van der Waals surface area contributed by atoms with Gasteiger partial charge in [0, 0.05) is 12.1 Å². The van der Waals surface area contributed by atoms with Crippen molar-refractivity contribution in [3.63, 3.8) is 0 Å². The van der Waals surface area contributed by atoms with E-state index < -0.39 is 11.1 Å². The summed E-state index contributed by atoms with van der Waals surface area (Å²) >= 11 is 0. The molecular formula is C22H25N3O5. The maximum atomic E-state index is 11.6. The van der Waals surface area contributed by atoms with Gasteiger partial charge in [-0.15, -0.1) is 0 Å². The Kier molecular flexibility index (Phi) is 7.37. The van der Waals surface area contributed by atoms with E-state index in [9.17, 15) is 14.9 Å². The number of fused-ring (bicyclic) bond motifs is 1. The summed E-state index contributed by atoms with van der Waals surface area (Å²) in [4.78, 5) is 25.9. The van der Waals surface area contributed by atoms with E-state index in [0.717, 1.165) is 17.0 Å². The number of hydrogen-bond acceptors (Lipinski definition) is 6. The molecule has 0 amide bonds. The average Bonchev–Trinajstić information content (AvgIpc) is 3.38. The van der Waals surface area contributed by atoms with Crippen LogP contribution >= 0.6 is 0 Å². The second-order valence-corrected chi connectivity index (χ2v) is 7.27. The van der Waals surface area contributed by atoms with Crippen molar-refractivity contribution in [3.8, 4) is 5.75 Å². The van der Waals surface area contributed by atoms with Crippen LogP contribution in [0.3, 0.4) is 0 Å². The van der Waals surface area contributed by atoms with E-state index in [1.165, 1.54) is 49.9 Å². The molecule has 1 aliphatic carbocycles. The zero-order valence-electron chi connectivity index (χ0n) is 16.9. The Labute approximate surface area is 174 Å². The summed E-state index contributed by atoms with van der Waals surface area (Å²) in [7, 11) is 0. The molecule has 0 N–H and O–H groups in total. The summed E-state index contributed by atoms with van der Waals surface area (Å²) in [5, 5.41) is 10.5. The van der Waals surface area contributed by atoms with E-state index in [2.05, 4.69) is 11.9 Å². The minimum atomic E-state index is -0.867. The fraction of sp³-hybridized carbons (Fsp3) is 0.364. The van der Waals surface area contributed by atoms with E-state index in [1.807, 2.05) is 28.8 Å². The Morgan fingerprint density at radius 1 is 1.17 bits per heavy atom. The fourth-order valence-corrected chi connectivity index (χ4v) is 3.31. The van der Waals surface area contributed by atoms with Crippen molar-refractivity contribution >= 4 is 22.9 Å². The van der Waals surface area contributed by atoms with Crippen LogP contribution in [-0.4, -0.2) is 27.2 Å². The zero-order valence-corrected chi connectivity index (χ0v) is 16.9. The maximum absolute atomic E-state index is 11.6. The highest BCUT2D eigenvalue weighted by molar-refractivity contribution is 5.74. The normalized spacial score (nSPS) is 13.5. The van der Waals surface area contributed by atoms with Gasteiger partial charge in [0.05, 0.1) is 28.8 Å². The molecule has 0 aliphatic heterocycles. The standard InChI is InChI=1S/C16H13N3O5.C6H12/c20-16(24-13-7-5-12(6-8-13)19(21)22)23-10-9-18-11-17-14-3-1-2-4-15(14)18;1-6-4-2-3-5-6/h1-8,11H,9-10H2;6H,2-5H2,1H3. The molecule has 8 nitrogen and oxygen atoms in total. The Bertz CT molecular complexity index is 978. The van der Waals surface area contributed by atoms with Gasteiger partial charge in [0.2, 0.25) is 0 Å². The molecule has 1 saturated carbocycles. The number of para-hydroxylation sites is 2. The minimum absolute atomic E-state index is 0.0808. The van der Waals surface area contributed by atoms with Gasteiger partial charge in [0.15, 0.2) is 0 Å². The van der Waals surface area contributed by atoms with Gasteiger partial charge in [-0.3, -0.25) is 10.1 Å². The number of ether oxygens (including phenoxy) is 2. The fourth-order valence-electron chi connectivity index (χ4n) is 3.31. The molecule has 0 spiro atoms. The van der Waals surface area contributed by atoms with Gasteiger partial charge in [-0.05, 0) is 30.2 Å². The predicted molar refractivity (Wildman–Crippen MR) is 112 cm³/mol. The zero-order chi connectivity index (χ0) is 21.3. The van der Waals surface area contributed by atoms with E-state index in [0.29, 0.717) is 6.54 Å². The molecule has 3 aromatic rings. The lowest BCUT2D eigenvalue weighted by Gasteiger charge is -2.07. The largest absolute Gasteiger partial charge is 0.513 e. The van der Waals surface area contributed by atoms with Gasteiger partial charge < -0.3 is 14.0 Å². The third kappa shape index (κ3) is 6.04. The quantitative estimate of drug-likeness (QED) is 0.243. The number of aromatic nitrogens is 2. The highest BCUT2D eigenvalue weighted by atomic mass is 16.7. The second kappa shape index (κ2) is 10.4. The molecule has 0 bridgehead atoms. The van der Waals surface area contributed by atoms with Crippen LogP contribution in [0.4, 0.5) is 10.5 Å². The van der Waals surface area contributed by atoms with E-state index in [1.54, 1.807) is 6.33 Å². The van der Waals surface area contributed by atoms with Crippen molar-refractivity contribution in [2.45, 2.75) is 39.2 Å². The van der Waals surface area contributed by atoms with Crippen LogP contribution in [0.5, 0.6) is 5.75 Å². The van der Waals surface area contributed by atoms with E-state index >= 15 is 0 Å². The lowest BCUT2D eigenvalue weighted by Crippen LogP contribution is -2.14. The number of benzene rings is 2. The van der Waals surface area contributed by atoms with Crippen molar-refractivity contribution in [2.24, 2.45) is 5.92 Å². The summed E-state index contributed by atoms with van der Waals surface area (Å²) in [5.74, 6) is 1.23. The molecule has 0 radical (unpaired) electrons. The Balaban J connectivity index is 0.000000367. The first kappa shape index (κ1) is 21.3. The van der Waals surface area contributed by atoms with Gasteiger partial charge in [-0.25, -0.2) is 9.78 Å². The molecule has 30 heavy (non-hydrogen) atoms. The van der Waals surface area contributed by atoms with Crippen molar-refractivity contribution in [2.75, 3.05) is 6.61 Å². The van der Waals surface area contributed by atoms with Gasteiger partial charge >= 0.3 is 6.16 Å². The number of hydrogen-bond donors (Lipinski definition) is 0. The molecule has 0 unspecified atom stereocenters. The summed E-state index contributed by atoms with van der Waals surface area (Å²) in [6.07, 6.45) is 6.76. The smallest absolute Gasteiger partial charge is 0.432 e. The lowest BCUT2D eigenvalue weighted by atomic mass is 10.2. The van der Waals surface area contributed by atoms with Crippen LogP contribution < -0.4 is 4.74 Å². The van der Waals surface area contributed by atoms with E-state index in [-0.39, 0.29) is 18.0 Å². The number of non-ortho nitro benzene ring substituents is 1. The molecule has 8 heteroatoms. The number of carbonyl (C=O) groups is 1. The van der Waals surface area contributed by atoms with Gasteiger partial charge in [0.1, 0.15) is 12.4 Å².